The van der Waals surface area contributed by atoms with E-state index in [1.165, 1.54) is 0 Å². The van der Waals surface area contributed by atoms with E-state index in [0.717, 1.165) is 5.56 Å². The van der Waals surface area contributed by atoms with Crippen molar-refractivity contribution in [1.29, 1.82) is 0 Å². The standard InChI is InChI=1S/C10H13NO2.C2H6O/c12-10-9(13-7-6-11-10)8-4-2-1-3-5-8;1-2-3/h1-5,9-12H,6-7H2;3H,2H2,1H3. The highest BCUT2D eigenvalue weighted by molar-refractivity contribution is 5.18. The van der Waals surface area contributed by atoms with Gasteiger partial charge in [-0.3, -0.25) is 5.32 Å². The predicted octanol–water partition coefficient (Wildman–Crippen LogP) is 0.664. The van der Waals surface area contributed by atoms with Crippen molar-refractivity contribution in [3.8, 4) is 0 Å². The highest BCUT2D eigenvalue weighted by atomic mass is 16.5. The number of aliphatic hydroxyl groups excluding tert-OH is 2. The first kappa shape index (κ1) is 13.1. The zero-order chi connectivity index (χ0) is 11.8. The molecule has 1 fully saturated rings. The summed E-state index contributed by atoms with van der Waals surface area (Å²) in [5, 5.41) is 20.1. The van der Waals surface area contributed by atoms with Gasteiger partial charge < -0.3 is 14.9 Å². The lowest BCUT2D eigenvalue weighted by Crippen LogP contribution is -2.43. The minimum Gasteiger partial charge on any atom is -0.397 e. The van der Waals surface area contributed by atoms with Crippen LogP contribution in [0.4, 0.5) is 0 Å². The maximum absolute atomic E-state index is 9.59. The van der Waals surface area contributed by atoms with Gasteiger partial charge >= 0.3 is 0 Å². The predicted molar refractivity (Wildman–Crippen MR) is 61.9 cm³/mol. The number of hydrogen-bond acceptors (Lipinski definition) is 4. The third-order valence-corrected chi connectivity index (χ3v) is 2.17. The number of benzene rings is 1. The summed E-state index contributed by atoms with van der Waals surface area (Å²) in [5.74, 6) is 0. The molecule has 2 rings (SSSR count). The van der Waals surface area contributed by atoms with Gasteiger partial charge in [-0.2, -0.15) is 0 Å². The quantitative estimate of drug-likeness (QED) is 0.657. The van der Waals surface area contributed by atoms with Crippen LogP contribution in [0.15, 0.2) is 30.3 Å². The molecule has 0 radical (unpaired) electrons. The highest BCUT2D eigenvalue weighted by Gasteiger charge is 2.24. The molecule has 1 aliphatic heterocycles. The van der Waals surface area contributed by atoms with Crippen molar-refractivity contribution in [1.82, 2.24) is 5.32 Å². The van der Waals surface area contributed by atoms with Crippen LogP contribution in [0.5, 0.6) is 0 Å². The molecule has 0 bridgehead atoms. The normalized spacial score (nSPS) is 24.4. The van der Waals surface area contributed by atoms with Gasteiger partial charge in [0.25, 0.3) is 0 Å². The van der Waals surface area contributed by atoms with Crippen LogP contribution in [0, 0.1) is 0 Å². The fourth-order valence-electron chi connectivity index (χ4n) is 1.51. The van der Waals surface area contributed by atoms with Crippen molar-refractivity contribution >= 4 is 0 Å². The van der Waals surface area contributed by atoms with Gasteiger partial charge in [-0.25, -0.2) is 0 Å². The largest absolute Gasteiger partial charge is 0.397 e. The van der Waals surface area contributed by atoms with Crippen molar-refractivity contribution in [3.05, 3.63) is 35.9 Å². The van der Waals surface area contributed by atoms with E-state index in [1.54, 1.807) is 6.92 Å². The maximum atomic E-state index is 9.59. The molecule has 4 nitrogen and oxygen atoms in total. The Bertz CT molecular complexity index is 279. The molecule has 0 saturated carbocycles. The Morgan fingerprint density at radius 1 is 1.38 bits per heavy atom. The van der Waals surface area contributed by atoms with Gasteiger partial charge in [0.2, 0.25) is 0 Å². The van der Waals surface area contributed by atoms with Crippen molar-refractivity contribution in [2.24, 2.45) is 0 Å². The Morgan fingerprint density at radius 3 is 2.56 bits per heavy atom. The third kappa shape index (κ3) is 3.90. The summed E-state index contributed by atoms with van der Waals surface area (Å²) in [6.45, 7) is 3.29. The first-order valence-corrected chi connectivity index (χ1v) is 5.48. The van der Waals surface area contributed by atoms with Crippen LogP contribution in [-0.2, 0) is 4.74 Å². The van der Waals surface area contributed by atoms with Crippen molar-refractivity contribution in [2.45, 2.75) is 19.3 Å². The Morgan fingerprint density at radius 2 is 2.00 bits per heavy atom. The highest BCUT2D eigenvalue weighted by Crippen LogP contribution is 2.21. The minimum atomic E-state index is -0.587. The number of nitrogens with one attached hydrogen (secondary N) is 1. The van der Waals surface area contributed by atoms with Gasteiger partial charge in [-0.05, 0) is 12.5 Å². The van der Waals surface area contributed by atoms with Crippen LogP contribution in [0.3, 0.4) is 0 Å². The summed E-state index contributed by atoms with van der Waals surface area (Å²) in [6, 6.07) is 9.76. The summed E-state index contributed by atoms with van der Waals surface area (Å²) in [7, 11) is 0. The lowest BCUT2D eigenvalue weighted by molar-refractivity contribution is -0.0850. The molecule has 1 aromatic rings. The SMILES string of the molecule is CCO.OC1NCCOC1c1ccccc1. The van der Waals surface area contributed by atoms with Gasteiger partial charge in [0, 0.05) is 13.2 Å². The van der Waals surface area contributed by atoms with Crippen LogP contribution in [-0.4, -0.2) is 36.2 Å². The molecule has 0 amide bonds. The number of rotatable bonds is 1. The molecule has 1 heterocycles. The molecule has 0 spiro atoms. The summed E-state index contributed by atoms with van der Waals surface area (Å²) in [5.41, 5.74) is 1.02. The summed E-state index contributed by atoms with van der Waals surface area (Å²) in [4.78, 5) is 0. The summed E-state index contributed by atoms with van der Waals surface area (Å²) >= 11 is 0. The molecular weight excluding hydrogens is 206 g/mol. The Balaban J connectivity index is 0.000000386. The minimum absolute atomic E-state index is 0.227. The zero-order valence-corrected chi connectivity index (χ0v) is 9.47. The molecule has 0 aliphatic carbocycles. The van der Waals surface area contributed by atoms with Gasteiger partial charge in [-0.1, -0.05) is 30.3 Å². The molecule has 2 unspecified atom stereocenters. The van der Waals surface area contributed by atoms with E-state index in [1.807, 2.05) is 30.3 Å². The molecule has 1 aliphatic rings. The zero-order valence-electron chi connectivity index (χ0n) is 9.47. The second-order valence-electron chi connectivity index (χ2n) is 3.42. The van der Waals surface area contributed by atoms with Crippen molar-refractivity contribution in [2.75, 3.05) is 19.8 Å². The van der Waals surface area contributed by atoms with E-state index in [0.29, 0.717) is 13.2 Å². The van der Waals surface area contributed by atoms with Crippen LogP contribution in [0.2, 0.25) is 0 Å². The van der Waals surface area contributed by atoms with E-state index >= 15 is 0 Å². The molecule has 2 atom stereocenters. The lowest BCUT2D eigenvalue weighted by Gasteiger charge is -2.29. The summed E-state index contributed by atoms with van der Waals surface area (Å²) < 4.78 is 5.46. The van der Waals surface area contributed by atoms with Gasteiger partial charge in [0.1, 0.15) is 12.3 Å². The Hall–Kier alpha value is -0.940. The summed E-state index contributed by atoms with van der Waals surface area (Å²) in [6.07, 6.45) is -0.814. The average molecular weight is 225 g/mol. The molecule has 4 heteroatoms. The fraction of sp³-hybridized carbons (Fsp3) is 0.500. The van der Waals surface area contributed by atoms with Crippen LogP contribution in [0.25, 0.3) is 0 Å². The lowest BCUT2D eigenvalue weighted by atomic mass is 10.1. The second-order valence-corrected chi connectivity index (χ2v) is 3.42. The van der Waals surface area contributed by atoms with Crippen LogP contribution < -0.4 is 5.32 Å². The Labute approximate surface area is 95.9 Å². The molecule has 0 aromatic heterocycles. The fourth-order valence-corrected chi connectivity index (χ4v) is 1.51. The molecule has 90 valence electrons. The van der Waals surface area contributed by atoms with E-state index in [4.69, 9.17) is 9.84 Å². The van der Waals surface area contributed by atoms with Crippen LogP contribution in [0.1, 0.15) is 18.6 Å². The van der Waals surface area contributed by atoms with Crippen molar-refractivity contribution < 1.29 is 14.9 Å². The second kappa shape index (κ2) is 7.35. The first-order valence-electron chi connectivity index (χ1n) is 5.48. The molecule has 1 saturated heterocycles. The van der Waals surface area contributed by atoms with E-state index in [9.17, 15) is 5.11 Å². The van der Waals surface area contributed by atoms with E-state index in [-0.39, 0.29) is 12.7 Å². The maximum Gasteiger partial charge on any atom is 0.135 e. The topological polar surface area (TPSA) is 61.7 Å². The number of ether oxygens (including phenoxy) is 1. The van der Waals surface area contributed by atoms with E-state index < -0.39 is 6.23 Å². The van der Waals surface area contributed by atoms with Gasteiger partial charge in [0.15, 0.2) is 0 Å². The average Bonchev–Trinajstić information content (AvgIpc) is 2.32. The molecule has 16 heavy (non-hydrogen) atoms. The Kier molecular flexibility index (Phi) is 6.03. The van der Waals surface area contributed by atoms with Crippen molar-refractivity contribution in [3.63, 3.8) is 0 Å². The first-order chi connectivity index (χ1) is 7.79. The van der Waals surface area contributed by atoms with E-state index in [2.05, 4.69) is 5.32 Å². The monoisotopic (exact) mass is 225 g/mol. The van der Waals surface area contributed by atoms with Gasteiger partial charge in [-0.15, -0.1) is 0 Å². The van der Waals surface area contributed by atoms with Crippen LogP contribution >= 0.6 is 0 Å². The van der Waals surface area contributed by atoms with Gasteiger partial charge in [0.05, 0.1) is 6.61 Å². The molecular formula is C12H19NO3. The number of aliphatic hydroxyl groups is 2. The molecule has 1 aromatic carbocycles. The number of morpholine rings is 1. The smallest absolute Gasteiger partial charge is 0.135 e. The third-order valence-electron chi connectivity index (χ3n) is 2.17. The number of hydrogen-bond donors (Lipinski definition) is 3. The molecule has 3 N–H and O–H groups in total.